The van der Waals surface area contributed by atoms with Gasteiger partial charge in [0.2, 0.25) is 5.43 Å². The van der Waals surface area contributed by atoms with Crippen LogP contribution in [0.5, 0.6) is 0 Å². The zero-order valence-corrected chi connectivity index (χ0v) is 8.86. The fourth-order valence-corrected chi connectivity index (χ4v) is 2.01. The molecule has 2 nitrogen and oxygen atoms in total. The Morgan fingerprint density at radius 2 is 1.69 bits per heavy atom. The maximum absolute atomic E-state index is 12.2. The van der Waals surface area contributed by atoms with Crippen molar-refractivity contribution < 1.29 is 4.42 Å². The molecule has 0 spiro atoms. The van der Waals surface area contributed by atoms with Crippen LogP contribution in [0.3, 0.4) is 0 Å². The predicted octanol–water partition coefficient (Wildman–Crippen LogP) is 3.25. The molecule has 0 fully saturated rings. The van der Waals surface area contributed by atoms with Crippen LogP contribution in [0.4, 0.5) is 0 Å². The van der Waals surface area contributed by atoms with Crippen molar-refractivity contribution in [1.82, 2.24) is 0 Å². The predicted molar refractivity (Wildman–Crippen MR) is 64.7 cm³/mol. The maximum atomic E-state index is 12.2. The van der Waals surface area contributed by atoms with Crippen LogP contribution >= 0.6 is 0 Å². The highest BCUT2D eigenvalue weighted by Gasteiger charge is 2.08. The molecule has 0 aliphatic carbocycles. The van der Waals surface area contributed by atoms with Crippen LogP contribution in [0.15, 0.2) is 51.7 Å². The van der Waals surface area contributed by atoms with Gasteiger partial charge in [0.15, 0.2) is 0 Å². The molecule has 1 aromatic heterocycles. The Balaban J connectivity index is 2.67. The minimum Gasteiger partial charge on any atom is -0.456 e. The van der Waals surface area contributed by atoms with Gasteiger partial charge in [-0.3, -0.25) is 4.79 Å². The van der Waals surface area contributed by atoms with Crippen molar-refractivity contribution in [3.8, 4) is 0 Å². The first kappa shape index (κ1) is 9.16. The number of para-hydroxylation sites is 1. The third-order valence-electron chi connectivity index (χ3n) is 2.81. The van der Waals surface area contributed by atoms with Crippen molar-refractivity contribution in [3.63, 3.8) is 0 Å². The summed E-state index contributed by atoms with van der Waals surface area (Å²) < 4.78 is 5.71. The van der Waals surface area contributed by atoms with Gasteiger partial charge in [0.05, 0.1) is 10.8 Å². The van der Waals surface area contributed by atoms with E-state index < -0.39 is 0 Å². The van der Waals surface area contributed by atoms with Gasteiger partial charge in [-0.05, 0) is 30.7 Å². The molecular weight excluding hydrogens is 200 g/mol. The van der Waals surface area contributed by atoms with Gasteiger partial charge in [0, 0.05) is 0 Å². The van der Waals surface area contributed by atoms with E-state index in [1.807, 2.05) is 43.3 Å². The van der Waals surface area contributed by atoms with Gasteiger partial charge in [-0.15, -0.1) is 0 Å². The average Bonchev–Trinajstić information content (AvgIpc) is 2.29. The summed E-state index contributed by atoms with van der Waals surface area (Å²) in [6.07, 6.45) is 0. The third-order valence-corrected chi connectivity index (χ3v) is 2.81. The van der Waals surface area contributed by atoms with Gasteiger partial charge in [-0.1, -0.05) is 24.3 Å². The highest BCUT2D eigenvalue weighted by atomic mass is 16.3. The normalized spacial score (nSPS) is 11.1. The van der Waals surface area contributed by atoms with Crippen LogP contribution in [0.1, 0.15) is 5.56 Å². The Morgan fingerprint density at radius 3 is 2.56 bits per heavy atom. The first-order valence-corrected chi connectivity index (χ1v) is 5.18. The lowest BCUT2D eigenvalue weighted by Crippen LogP contribution is -2.03. The van der Waals surface area contributed by atoms with Crippen molar-refractivity contribution in [2.75, 3.05) is 0 Å². The third kappa shape index (κ3) is 1.16. The second-order valence-corrected chi connectivity index (χ2v) is 3.88. The number of rotatable bonds is 0. The summed E-state index contributed by atoms with van der Waals surface area (Å²) in [5.74, 6) is 0. The molecule has 3 aromatic rings. The van der Waals surface area contributed by atoms with E-state index in [-0.39, 0.29) is 5.43 Å². The van der Waals surface area contributed by atoms with Gasteiger partial charge in [-0.25, -0.2) is 0 Å². The van der Waals surface area contributed by atoms with Gasteiger partial charge in [-0.2, -0.15) is 0 Å². The quantitative estimate of drug-likeness (QED) is 0.533. The molecule has 0 unspecified atom stereocenters. The van der Waals surface area contributed by atoms with E-state index in [1.54, 1.807) is 6.07 Å². The summed E-state index contributed by atoms with van der Waals surface area (Å²) in [7, 11) is 0. The minimum atomic E-state index is 0.0509. The van der Waals surface area contributed by atoms with E-state index in [1.165, 1.54) is 0 Å². The lowest BCUT2D eigenvalue weighted by atomic mass is 10.1. The lowest BCUT2D eigenvalue weighted by molar-refractivity contribution is 0.659. The molecule has 2 aromatic carbocycles. The Labute approximate surface area is 92.1 Å². The molecule has 1 heterocycles. The lowest BCUT2D eigenvalue weighted by Gasteiger charge is -2.02. The largest absolute Gasteiger partial charge is 0.456 e. The smallest absolute Gasteiger partial charge is 0.200 e. The first-order valence-electron chi connectivity index (χ1n) is 5.18. The monoisotopic (exact) mass is 210 g/mol. The van der Waals surface area contributed by atoms with E-state index in [0.29, 0.717) is 21.9 Å². The summed E-state index contributed by atoms with van der Waals surface area (Å²) in [4.78, 5) is 12.2. The molecule has 0 aliphatic heterocycles. The molecule has 0 bridgehead atoms. The number of benzene rings is 2. The van der Waals surface area contributed by atoms with Crippen molar-refractivity contribution in [3.05, 3.63) is 58.3 Å². The van der Waals surface area contributed by atoms with E-state index in [4.69, 9.17) is 4.42 Å². The van der Waals surface area contributed by atoms with E-state index in [2.05, 4.69) is 0 Å². The number of hydrogen-bond acceptors (Lipinski definition) is 2. The summed E-state index contributed by atoms with van der Waals surface area (Å²) in [5.41, 5.74) is 2.31. The SMILES string of the molecule is Cc1cccc2oc3ccccc3c(=O)c12. The molecule has 0 amide bonds. The van der Waals surface area contributed by atoms with Crippen LogP contribution in [0, 0.1) is 6.92 Å². The van der Waals surface area contributed by atoms with Gasteiger partial charge in [0.25, 0.3) is 0 Å². The maximum Gasteiger partial charge on any atom is 0.200 e. The van der Waals surface area contributed by atoms with Gasteiger partial charge < -0.3 is 4.42 Å². The van der Waals surface area contributed by atoms with Gasteiger partial charge in [0.1, 0.15) is 11.2 Å². The Hall–Kier alpha value is -2.09. The molecule has 2 heteroatoms. The molecular formula is C14H10O2. The van der Waals surface area contributed by atoms with Crippen molar-refractivity contribution in [1.29, 1.82) is 0 Å². The van der Waals surface area contributed by atoms with Crippen molar-refractivity contribution in [2.45, 2.75) is 6.92 Å². The highest BCUT2D eigenvalue weighted by molar-refractivity contribution is 5.91. The summed E-state index contributed by atoms with van der Waals surface area (Å²) in [6.45, 7) is 1.92. The molecule has 0 saturated heterocycles. The van der Waals surface area contributed by atoms with E-state index >= 15 is 0 Å². The Kier molecular flexibility index (Phi) is 1.83. The van der Waals surface area contributed by atoms with Crippen LogP contribution in [-0.4, -0.2) is 0 Å². The van der Waals surface area contributed by atoms with Crippen LogP contribution in [0.25, 0.3) is 21.9 Å². The average molecular weight is 210 g/mol. The molecule has 3 rings (SSSR count). The van der Waals surface area contributed by atoms with Gasteiger partial charge >= 0.3 is 0 Å². The molecule has 0 saturated carbocycles. The Morgan fingerprint density at radius 1 is 0.938 bits per heavy atom. The minimum absolute atomic E-state index is 0.0509. The Bertz CT molecular complexity index is 738. The standard InChI is InChI=1S/C14H10O2/c1-9-5-4-8-12-13(9)14(15)10-6-2-3-7-11(10)16-12/h2-8H,1H3. The van der Waals surface area contributed by atoms with Crippen LogP contribution in [-0.2, 0) is 0 Å². The van der Waals surface area contributed by atoms with Crippen molar-refractivity contribution >= 4 is 21.9 Å². The number of aryl methyl sites for hydroxylation is 1. The van der Waals surface area contributed by atoms with Crippen LogP contribution in [0.2, 0.25) is 0 Å². The summed E-state index contributed by atoms with van der Waals surface area (Å²) in [5, 5.41) is 1.32. The van der Waals surface area contributed by atoms with E-state index in [0.717, 1.165) is 5.56 Å². The zero-order valence-electron chi connectivity index (χ0n) is 8.86. The van der Waals surface area contributed by atoms with E-state index in [9.17, 15) is 4.79 Å². The molecule has 0 aliphatic rings. The second-order valence-electron chi connectivity index (χ2n) is 3.88. The zero-order chi connectivity index (χ0) is 11.1. The topological polar surface area (TPSA) is 30.2 Å². The van der Waals surface area contributed by atoms with Crippen LogP contribution < -0.4 is 5.43 Å². The molecule has 0 N–H and O–H groups in total. The molecule has 0 radical (unpaired) electrons. The summed E-state index contributed by atoms with van der Waals surface area (Å²) in [6, 6.07) is 13.0. The molecule has 0 atom stereocenters. The number of fused-ring (bicyclic) bond motifs is 2. The fourth-order valence-electron chi connectivity index (χ4n) is 2.01. The van der Waals surface area contributed by atoms with Crippen molar-refractivity contribution in [2.24, 2.45) is 0 Å². The first-order chi connectivity index (χ1) is 7.77. The summed E-state index contributed by atoms with van der Waals surface area (Å²) >= 11 is 0. The molecule has 16 heavy (non-hydrogen) atoms. The number of hydrogen-bond donors (Lipinski definition) is 0. The fraction of sp³-hybridized carbons (Fsp3) is 0.0714. The highest BCUT2D eigenvalue weighted by Crippen LogP contribution is 2.20. The molecule has 78 valence electrons. The second kappa shape index (κ2) is 3.20.